The summed E-state index contributed by atoms with van der Waals surface area (Å²) in [7, 11) is 0. The lowest BCUT2D eigenvalue weighted by Crippen LogP contribution is -2.45. The molecule has 0 bridgehead atoms. The molecule has 0 saturated heterocycles. The van der Waals surface area contributed by atoms with E-state index in [2.05, 4.69) is 23.8 Å². The first-order valence-corrected chi connectivity index (χ1v) is 8.53. The maximum atomic E-state index is 11.4. The molecule has 1 aliphatic rings. The number of aliphatic hydroxyl groups is 1. The van der Waals surface area contributed by atoms with Crippen LogP contribution in [0.4, 0.5) is 0 Å². The summed E-state index contributed by atoms with van der Waals surface area (Å²) in [6.45, 7) is 4.70. The van der Waals surface area contributed by atoms with E-state index in [9.17, 15) is 5.11 Å². The number of halogens is 1. The highest BCUT2D eigenvalue weighted by Gasteiger charge is 2.49. The second kappa shape index (κ2) is 7.93. The van der Waals surface area contributed by atoms with E-state index in [1.165, 1.54) is 18.2 Å². The third-order valence-electron chi connectivity index (χ3n) is 4.95. The average molecular weight is 336 g/mol. The van der Waals surface area contributed by atoms with Crippen LogP contribution in [0.2, 0.25) is 5.02 Å². The van der Waals surface area contributed by atoms with Crippen LogP contribution in [0.15, 0.2) is 34.3 Å². The molecule has 3 N–H and O–H groups in total. The molecule has 1 saturated carbocycles. The Kier molecular flexibility index (Phi) is 6.19. The van der Waals surface area contributed by atoms with E-state index in [-0.39, 0.29) is 11.8 Å². The van der Waals surface area contributed by atoms with Crippen molar-refractivity contribution in [3.63, 3.8) is 0 Å². The van der Waals surface area contributed by atoms with Gasteiger partial charge in [0.25, 0.3) is 0 Å². The lowest BCUT2D eigenvalue weighted by atomic mass is 9.76. The minimum absolute atomic E-state index is 0.190. The van der Waals surface area contributed by atoms with Crippen LogP contribution in [0, 0.1) is 17.8 Å². The highest BCUT2D eigenvalue weighted by Crippen LogP contribution is 2.46. The molecule has 0 heterocycles. The van der Waals surface area contributed by atoms with Crippen molar-refractivity contribution in [1.29, 1.82) is 0 Å². The second-order valence-electron chi connectivity index (χ2n) is 6.70. The molecule has 0 amide bonds. The topological polar surface area (TPSA) is 71.0 Å². The minimum atomic E-state index is -0.797. The minimum Gasteiger partial charge on any atom is -0.390 e. The third kappa shape index (κ3) is 4.33. The fraction of sp³-hybridized carbons (Fsp3) is 0.556. The van der Waals surface area contributed by atoms with E-state index in [0.717, 1.165) is 24.3 Å². The Morgan fingerprint density at radius 3 is 2.65 bits per heavy atom. The van der Waals surface area contributed by atoms with Gasteiger partial charge in [0.15, 0.2) is 0 Å². The Morgan fingerprint density at radius 1 is 1.35 bits per heavy atom. The first-order valence-electron chi connectivity index (χ1n) is 8.16. The molecule has 1 aliphatic carbocycles. The predicted molar refractivity (Wildman–Crippen MR) is 97.2 cm³/mol. The number of hydrogen-bond acceptors (Lipinski definition) is 2. The highest BCUT2D eigenvalue weighted by molar-refractivity contribution is 6.30. The molecule has 1 aromatic rings. The number of nitrogens with zero attached hydrogens (tertiary/aromatic N) is 2. The molecule has 23 heavy (non-hydrogen) atoms. The third-order valence-corrected chi connectivity index (χ3v) is 5.21. The molecule has 3 atom stereocenters. The molecule has 0 aliphatic heterocycles. The van der Waals surface area contributed by atoms with Gasteiger partial charge in [-0.3, -0.25) is 4.99 Å². The zero-order chi connectivity index (χ0) is 16.9. The lowest BCUT2D eigenvalue weighted by molar-refractivity contribution is -0.0417. The van der Waals surface area contributed by atoms with E-state index >= 15 is 0 Å². The molecule has 0 aromatic heterocycles. The van der Waals surface area contributed by atoms with Crippen LogP contribution in [0.3, 0.4) is 0 Å². The van der Waals surface area contributed by atoms with Crippen molar-refractivity contribution >= 4 is 24.3 Å². The van der Waals surface area contributed by atoms with Crippen LogP contribution in [0.25, 0.3) is 0 Å². The summed E-state index contributed by atoms with van der Waals surface area (Å²) in [5, 5.41) is 12.1. The summed E-state index contributed by atoms with van der Waals surface area (Å²) in [4.78, 5) is 8.07. The van der Waals surface area contributed by atoms with Gasteiger partial charge in [-0.2, -0.15) is 0 Å². The van der Waals surface area contributed by atoms with Crippen molar-refractivity contribution < 1.29 is 5.11 Å². The van der Waals surface area contributed by atoms with Gasteiger partial charge in [-0.05, 0) is 54.7 Å². The molecule has 5 heteroatoms. The van der Waals surface area contributed by atoms with E-state index in [4.69, 9.17) is 17.3 Å². The summed E-state index contributed by atoms with van der Waals surface area (Å²) < 4.78 is 0. The SMILES string of the molecule is CC(C)C1CCC(Cc2ccc(Cl)cc2)C1(O)CN=CN=CN. The Hall–Kier alpha value is -1.39. The van der Waals surface area contributed by atoms with E-state index in [0.29, 0.717) is 12.5 Å². The fourth-order valence-electron chi connectivity index (χ4n) is 3.80. The lowest BCUT2D eigenvalue weighted by Gasteiger charge is -2.36. The molecule has 3 unspecified atom stereocenters. The van der Waals surface area contributed by atoms with Crippen LogP contribution in [0.1, 0.15) is 32.3 Å². The van der Waals surface area contributed by atoms with Gasteiger partial charge in [0.1, 0.15) is 6.34 Å². The van der Waals surface area contributed by atoms with E-state index in [1.54, 1.807) is 0 Å². The molecule has 0 radical (unpaired) electrons. The van der Waals surface area contributed by atoms with Gasteiger partial charge < -0.3 is 10.8 Å². The largest absolute Gasteiger partial charge is 0.390 e. The summed E-state index contributed by atoms with van der Waals surface area (Å²) in [6, 6.07) is 7.87. The monoisotopic (exact) mass is 335 g/mol. The van der Waals surface area contributed by atoms with Gasteiger partial charge in [-0.15, -0.1) is 0 Å². The summed E-state index contributed by atoms with van der Waals surface area (Å²) in [5.41, 5.74) is 5.62. The molecule has 1 aromatic carbocycles. The molecule has 4 nitrogen and oxygen atoms in total. The van der Waals surface area contributed by atoms with E-state index < -0.39 is 5.60 Å². The van der Waals surface area contributed by atoms with Gasteiger partial charge in [0.2, 0.25) is 0 Å². The van der Waals surface area contributed by atoms with Crippen molar-refractivity contribution in [1.82, 2.24) is 0 Å². The first kappa shape index (κ1) is 18.0. The highest BCUT2D eigenvalue weighted by atomic mass is 35.5. The standard InChI is InChI=1S/C18H26ClN3O/c1-13(2)17-8-5-15(9-14-3-6-16(19)7-4-14)18(17,23)10-21-12-22-11-20/h3-4,6-7,11-13,15,17,23H,5,8-10H2,1-2H3,(H2,20,21,22). The van der Waals surface area contributed by atoms with Gasteiger partial charge in [-0.25, -0.2) is 4.99 Å². The van der Waals surface area contributed by atoms with Gasteiger partial charge >= 0.3 is 0 Å². The van der Waals surface area contributed by atoms with Crippen LogP contribution in [-0.4, -0.2) is 29.9 Å². The first-order chi connectivity index (χ1) is 11.0. The maximum absolute atomic E-state index is 11.4. The second-order valence-corrected chi connectivity index (χ2v) is 7.14. The van der Waals surface area contributed by atoms with Crippen LogP contribution in [-0.2, 0) is 6.42 Å². The Morgan fingerprint density at radius 2 is 2.04 bits per heavy atom. The van der Waals surface area contributed by atoms with Crippen molar-refractivity contribution in [3.8, 4) is 0 Å². The number of aliphatic imine (C=N–C) groups is 2. The number of hydrogen-bond donors (Lipinski definition) is 2. The Balaban J connectivity index is 2.17. The van der Waals surface area contributed by atoms with Gasteiger partial charge in [0.05, 0.1) is 18.5 Å². The Bertz CT molecular complexity index is 556. The molecular formula is C18H26ClN3O. The van der Waals surface area contributed by atoms with Crippen molar-refractivity contribution in [3.05, 3.63) is 34.9 Å². The predicted octanol–water partition coefficient (Wildman–Crippen LogP) is 3.31. The molecule has 2 rings (SSSR count). The maximum Gasteiger partial charge on any atom is 0.111 e. The fourth-order valence-corrected chi connectivity index (χ4v) is 3.92. The summed E-state index contributed by atoms with van der Waals surface area (Å²) in [5.74, 6) is 0.859. The van der Waals surface area contributed by atoms with E-state index in [1.807, 2.05) is 24.3 Å². The smallest absolute Gasteiger partial charge is 0.111 e. The normalized spacial score (nSPS) is 28.4. The summed E-state index contributed by atoms with van der Waals surface area (Å²) >= 11 is 5.96. The van der Waals surface area contributed by atoms with Crippen LogP contribution >= 0.6 is 11.6 Å². The zero-order valence-corrected chi connectivity index (χ0v) is 14.6. The number of rotatable bonds is 6. The molecule has 0 spiro atoms. The van der Waals surface area contributed by atoms with Crippen molar-refractivity contribution in [2.24, 2.45) is 33.5 Å². The average Bonchev–Trinajstić information content (AvgIpc) is 2.83. The van der Waals surface area contributed by atoms with Crippen molar-refractivity contribution in [2.45, 2.75) is 38.7 Å². The van der Waals surface area contributed by atoms with Gasteiger partial charge in [0, 0.05) is 5.02 Å². The van der Waals surface area contributed by atoms with Crippen molar-refractivity contribution in [2.75, 3.05) is 6.54 Å². The van der Waals surface area contributed by atoms with Crippen LogP contribution in [0.5, 0.6) is 0 Å². The summed E-state index contributed by atoms with van der Waals surface area (Å²) in [6.07, 6.45) is 5.51. The Labute approximate surface area is 143 Å². The molecule has 1 fully saturated rings. The number of benzene rings is 1. The van der Waals surface area contributed by atoms with Gasteiger partial charge in [-0.1, -0.05) is 37.6 Å². The molecule has 126 valence electrons. The zero-order valence-electron chi connectivity index (χ0n) is 13.8. The quantitative estimate of drug-likeness (QED) is 0.618. The van der Waals surface area contributed by atoms with Crippen LogP contribution < -0.4 is 5.73 Å². The molecular weight excluding hydrogens is 310 g/mol. The number of nitrogens with two attached hydrogens (primary N) is 1.